The van der Waals surface area contributed by atoms with Crippen molar-refractivity contribution >= 4 is 23.1 Å². The van der Waals surface area contributed by atoms with Gasteiger partial charge in [-0.2, -0.15) is 18.4 Å². The summed E-state index contributed by atoms with van der Waals surface area (Å²) in [5.41, 5.74) is 9.33. The van der Waals surface area contributed by atoms with E-state index in [1.165, 1.54) is 4.90 Å². The van der Waals surface area contributed by atoms with Crippen molar-refractivity contribution in [2.24, 2.45) is 11.1 Å². The lowest BCUT2D eigenvalue weighted by molar-refractivity contribution is -0.137. The molecule has 1 aliphatic carbocycles. The highest BCUT2D eigenvalue weighted by atomic mass is 35.5. The maximum atomic E-state index is 14.0. The van der Waals surface area contributed by atoms with Gasteiger partial charge in [0.2, 0.25) is 0 Å². The molecule has 0 saturated carbocycles. The van der Waals surface area contributed by atoms with E-state index >= 15 is 0 Å². The largest absolute Gasteiger partial charge is 0.497 e. The quantitative estimate of drug-likeness (QED) is 0.292. The number of carbonyl (C=O) groups excluding carboxylic acids is 1. The van der Waals surface area contributed by atoms with Crippen LogP contribution < -0.4 is 20.1 Å². The number of nitrogens with zero attached hydrogens (tertiary/aromatic N) is 2. The molecule has 0 bridgehead atoms. The smallest absolute Gasteiger partial charge is 0.416 e. The molecule has 3 aromatic rings. The molecule has 3 aromatic carbocycles. The number of anilines is 1. The van der Waals surface area contributed by atoms with E-state index in [0.29, 0.717) is 34.8 Å². The van der Waals surface area contributed by atoms with Crippen LogP contribution >= 0.6 is 11.6 Å². The number of rotatable bonds is 6. The van der Waals surface area contributed by atoms with Gasteiger partial charge in [0, 0.05) is 17.7 Å². The zero-order valence-corrected chi connectivity index (χ0v) is 26.4. The summed E-state index contributed by atoms with van der Waals surface area (Å²) >= 11 is 6.50. The van der Waals surface area contributed by atoms with E-state index in [-0.39, 0.29) is 40.9 Å². The van der Waals surface area contributed by atoms with Crippen LogP contribution in [-0.4, -0.2) is 12.9 Å². The number of aryl methyl sites for hydroxylation is 1. The first-order valence-corrected chi connectivity index (χ1v) is 14.7. The Balaban J connectivity index is 1.68. The average molecular weight is 636 g/mol. The summed E-state index contributed by atoms with van der Waals surface area (Å²) in [5.74, 6) is 0.253. The highest BCUT2D eigenvalue weighted by Gasteiger charge is 2.46. The number of methoxy groups -OCH3 is 1. The molecule has 0 fully saturated rings. The molecule has 1 aliphatic heterocycles. The molecule has 1 unspecified atom stereocenters. The van der Waals surface area contributed by atoms with Gasteiger partial charge in [-0.05, 0) is 84.8 Å². The number of alkyl halides is 3. The molecule has 10 heteroatoms. The molecule has 1 atom stereocenters. The number of allylic oxidation sites excluding steroid dienone is 3. The SMILES string of the molecule is COc1ccc(OCc2cc(C)cc(C3C(C#N)=C(N)N(c4cc(C(F)(F)F)ccc4Cl)C4=C3C(=O)CC(C)(C)C4)c2C)cc1. The Morgan fingerprint density at radius 3 is 2.36 bits per heavy atom. The molecule has 0 amide bonds. The topological polar surface area (TPSA) is 88.6 Å². The van der Waals surface area contributed by atoms with Crippen LogP contribution in [0.1, 0.15) is 60.4 Å². The monoisotopic (exact) mass is 635 g/mol. The molecule has 0 saturated heterocycles. The molecule has 0 aromatic heterocycles. The number of benzene rings is 3. The van der Waals surface area contributed by atoms with E-state index in [1.807, 2.05) is 39.8 Å². The Morgan fingerprint density at radius 2 is 1.73 bits per heavy atom. The summed E-state index contributed by atoms with van der Waals surface area (Å²) in [6.07, 6.45) is -4.12. The standard InChI is InChI=1S/C35H33ClF3N3O3/c1-19-12-21(18-45-24-9-7-23(44-5)8-10-24)20(2)25(13-19)31-26(17-40)33(41)42(29-15-34(3,4)16-30(43)32(29)31)28-14-22(35(37,38)39)6-11-27(28)36/h6-14,31H,15-16,18,41H2,1-5H3. The van der Waals surface area contributed by atoms with Gasteiger partial charge in [0.05, 0.1) is 40.9 Å². The van der Waals surface area contributed by atoms with E-state index < -0.39 is 23.1 Å². The molecule has 234 valence electrons. The zero-order chi connectivity index (χ0) is 32.8. The second-order valence-electron chi connectivity index (χ2n) is 12.2. The van der Waals surface area contributed by atoms with Gasteiger partial charge < -0.3 is 15.2 Å². The van der Waals surface area contributed by atoms with Crippen molar-refractivity contribution in [2.75, 3.05) is 12.0 Å². The lowest BCUT2D eigenvalue weighted by atomic mass is 9.68. The first kappa shape index (κ1) is 32.0. The molecular formula is C35H33ClF3N3O3. The van der Waals surface area contributed by atoms with Gasteiger partial charge in [-0.1, -0.05) is 43.1 Å². The van der Waals surface area contributed by atoms with Gasteiger partial charge >= 0.3 is 6.18 Å². The third kappa shape index (κ3) is 6.12. The van der Waals surface area contributed by atoms with Gasteiger partial charge in [-0.25, -0.2) is 0 Å². The second kappa shape index (κ2) is 11.8. The first-order valence-electron chi connectivity index (χ1n) is 14.3. The molecule has 45 heavy (non-hydrogen) atoms. The summed E-state index contributed by atoms with van der Waals surface area (Å²) in [7, 11) is 1.59. The number of ether oxygens (including phenoxy) is 2. The summed E-state index contributed by atoms with van der Waals surface area (Å²) in [4.78, 5) is 15.4. The van der Waals surface area contributed by atoms with E-state index in [2.05, 4.69) is 6.07 Å². The predicted molar refractivity (Wildman–Crippen MR) is 167 cm³/mol. The van der Waals surface area contributed by atoms with Crippen LogP contribution in [0.3, 0.4) is 0 Å². The minimum absolute atomic E-state index is 0.00840. The van der Waals surface area contributed by atoms with Crippen LogP contribution in [-0.2, 0) is 17.6 Å². The Labute approximate surface area is 265 Å². The Bertz CT molecular complexity index is 1790. The van der Waals surface area contributed by atoms with Crippen LogP contribution in [0.25, 0.3) is 0 Å². The van der Waals surface area contributed by atoms with Crippen LogP contribution in [0.4, 0.5) is 18.9 Å². The lowest BCUT2D eigenvalue weighted by Crippen LogP contribution is -2.42. The van der Waals surface area contributed by atoms with E-state index in [0.717, 1.165) is 34.9 Å². The third-order valence-corrected chi connectivity index (χ3v) is 8.68. The van der Waals surface area contributed by atoms with Crippen LogP contribution in [0, 0.1) is 30.6 Å². The fourth-order valence-electron chi connectivity index (χ4n) is 6.20. The number of carbonyl (C=O) groups is 1. The van der Waals surface area contributed by atoms with Gasteiger partial charge in [0.1, 0.15) is 23.9 Å². The average Bonchev–Trinajstić information content (AvgIpc) is 2.96. The minimum atomic E-state index is -4.64. The zero-order valence-electron chi connectivity index (χ0n) is 25.6. The number of halogens is 4. The van der Waals surface area contributed by atoms with Crippen molar-refractivity contribution in [3.05, 3.63) is 110 Å². The van der Waals surface area contributed by atoms with Crippen molar-refractivity contribution in [1.29, 1.82) is 5.26 Å². The molecule has 0 radical (unpaired) electrons. The number of Topliss-reactive ketones (excluding diaryl/α,β-unsaturated/α-hetero) is 1. The predicted octanol–water partition coefficient (Wildman–Crippen LogP) is 8.50. The number of ketones is 1. The van der Waals surface area contributed by atoms with E-state index in [1.54, 1.807) is 31.4 Å². The Morgan fingerprint density at radius 1 is 1.07 bits per heavy atom. The number of nitrogens with two attached hydrogens (primary N) is 1. The summed E-state index contributed by atoms with van der Waals surface area (Å²) in [6.45, 7) is 7.88. The normalized spacial score (nSPS) is 18.1. The molecule has 2 N–H and O–H groups in total. The summed E-state index contributed by atoms with van der Waals surface area (Å²) in [5, 5.41) is 10.5. The van der Waals surface area contributed by atoms with E-state index in [4.69, 9.17) is 26.8 Å². The van der Waals surface area contributed by atoms with Gasteiger partial charge in [0.25, 0.3) is 0 Å². The van der Waals surface area contributed by atoms with Gasteiger partial charge in [-0.15, -0.1) is 0 Å². The molecule has 6 nitrogen and oxygen atoms in total. The van der Waals surface area contributed by atoms with Crippen molar-refractivity contribution in [2.45, 2.75) is 59.2 Å². The van der Waals surface area contributed by atoms with Crippen molar-refractivity contribution in [3.63, 3.8) is 0 Å². The van der Waals surface area contributed by atoms with E-state index in [9.17, 15) is 23.2 Å². The molecular weight excluding hydrogens is 603 g/mol. The summed E-state index contributed by atoms with van der Waals surface area (Å²) in [6, 6.07) is 16.3. The lowest BCUT2D eigenvalue weighted by Gasteiger charge is -2.44. The van der Waals surface area contributed by atoms with Gasteiger partial charge in [-0.3, -0.25) is 9.69 Å². The van der Waals surface area contributed by atoms with Crippen LogP contribution in [0.15, 0.2) is 77.3 Å². The second-order valence-corrected chi connectivity index (χ2v) is 12.7. The fourth-order valence-corrected chi connectivity index (χ4v) is 6.40. The van der Waals surface area contributed by atoms with Gasteiger partial charge in [0.15, 0.2) is 5.78 Å². The third-order valence-electron chi connectivity index (χ3n) is 8.36. The highest BCUT2D eigenvalue weighted by molar-refractivity contribution is 6.33. The van der Waals surface area contributed by atoms with Crippen LogP contribution in [0.2, 0.25) is 5.02 Å². The number of nitriles is 1. The Hall–Kier alpha value is -4.42. The fraction of sp³-hybridized carbons (Fsp3) is 0.314. The minimum Gasteiger partial charge on any atom is -0.497 e. The van der Waals surface area contributed by atoms with Crippen molar-refractivity contribution in [3.8, 4) is 17.6 Å². The molecule has 2 aliphatic rings. The maximum Gasteiger partial charge on any atom is 0.416 e. The highest BCUT2D eigenvalue weighted by Crippen LogP contribution is 2.52. The number of hydrogen-bond donors (Lipinski definition) is 1. The number of hydrogen-bond acceptors (Lipinski definition) is 6. The Kier molecular flexibility index (Phi) is 8.41. The molecule has 0 spiro atoms. The first-order chi connectivity index (χ1) is 21.1. The maximum absolute atomic E-state index is 14.0. The van der Waals surface area contributed by atoms with Crippen molar-refractivity contribution in [1.82, 2.24) is 0 Å². The molecule has 1 heterocycles. The van der Waals surface area contributed by atoms with Crippen LogP contribution in [0.5, 0.6) is 11.5 Å². The van der Waals surface area contributed by atoms with Crippen molar-refractivity contribution < 1.29 is 27.4 Å². The summed E-state index contributed by atoms with van der Waals surface area (Å²) < 4.78 is 52.7. The molecule has 5 rings (SSSR count).